The van der Waals surface area contributed by atoms with E-state index in [9.17, 15) is 4.79 Å². The molecule has 0 amide bonds. The Morgan fingerprint density at radius 1 is 1.38 bits per heavy atom. The van der Waals surface area contributed by atoms with Gasteiger partial charge in [0.15, 0.2) is 0 Å². The van der Waals surface area contributed by atoms with Crippen LogP contribution in [0.5, 0.6) is 0 Å². The van der Waals surface area contributed by atoms with Gasteiger partial charge in [0.05, 0.1) is 0 Å². The van der Waals surface area contributed by atoms with Crippen LogP contribution in [0.4, 0.5) is 0 Å². The molecule has 13 heavy (non-hydrogen) atoms. The predicted molar refractivity (Wildman–Crippen MR) is 51.7 cm³/mol. The minimum atomic E-state index is -0.720. The maximum absolute atomic E-state index is 10.9. The lowest BCUT2D eigenvalue weighted by atomic mass is 10.0. The number of carbonyl (C=O) groups is 1. The normalized spacial score (nSPS) is 20.8. The van der Waals surface area contributed by atoms with Gasteiger partial charge in [0, 0.05) is 6.04 Å². The van der Waals surface area contributed by atoms with E-state index in [4.69, 9.17) is 5.11 Å². The summed E-state index contributed by atoms with van der Waals surface area (Å²) in [5.41, 5.74) is 0. The van der Waals surface area contributed by atoms with Crippen molar-refractivity contribution in [1.82, 2.24) is 5.32 Å². The van der Waals surface area contributed by atoms with E-state index >= 15 is 0 Å². The summed E-state index contributed by atoms with van der Waals surface area (Å²) in [6.07, 6.45) is 4.75. The van der Waals surface area contributed by atoms with Gasteiger partial charge in [-0.15, -0.1) is 0 Å². The highest BCUT2D eigenvalue weighted by atomic mass is 16.4. The van der Waals surface area contributed by atoms with Crippen molar-refractivity contribution in [3.63, 3.8) is 0 Å². The van der Waals surface area contributed by atoms with E-state index in [0.717, 1.165) is 12.8 Å². The molecule has 0 aromatic carbocycles. The second-order valence-corrected chi connectivity index (χ2v) is 4.21. The molecule has 1 fully saturated rings. The van der Waals surface area contributed by atoms with Crippen LogP contribution in [0.15, 0.2) is 0 Å². The molecular weight excluding hydrogens is 166 g/mol. The topological polar surface area (TPSA) is 49.3 Å². The first kappa shape index (κ1) is 10.5. The Hall–Kier alpha value is -0.570. The lowest BCUT2D eigenvalue weighted by Gasteiger charge is -2.22. The molecule has 1 saturated carbocycles. The molecule has 1 aliphatic rings. The summed E-state index contributed by atoms with van der Waals surface area (Å²) in [6, 6.07) is 0.0617. The van der Waals surface area contributed by atoms with Crippen molar-refractivity contribution >= 4 is 5.97 Å². The minimum absolute atomic E-state index is 0.165. The van der Waals surface area contributed by atoms with E-state index in [1.54, 1.807) is 0 Å². The van der Waals surface area contributed by atoms with Crippen molar-refractivity contribution in [3.8, 4) is 0 Å². The molecular formula is C10H19NO2. The SMILES string of the molecule is CC(C)C(NC1CCCC1)C(=O)O. The van der Waals surface area contributed by atoms with Crippen LogP contribution in [0.3, 0.4) is 0 Å². The molecule has 0 saturated heterocycles. The lowest BCUT2D eigenvalue weighted by Crippen LogP contribution is -2.45. The number of aliphatic carboxylic acids is 1. The molecule has 0 spiro atoms. The molecule has 1 rings (SSSR count). The van der Waals surface area contributed by atoms with E-state index in [2.05, 4.69) is 5.32 Å². The summed E-state index contributed by atoms with van der Waals surface area (Å²) < 4.78 is 0. The van der Waals surface area contributed by atoms with Crippen molar-refractivity contribution in [2.75, 3.05) is 0 Å². The highest BCUT2D eigenvalue weighted by Crippen LogP contribution is 2.19. The van der Waals surface area contributed by atoms with Crippen LogP contribution in [0.2, 0.25) is 0 Å². The molecule has 3 heteroatoms. The zero-order valence-corrected chi connectivity index (χ0v) is 8.42. The number of hydrogen-bond donors (Lipinski definition) is 2. The molecule has 0 aliphatic heterocycles. The standard InChI is InChI=1S/C10H19NO2/c1-7(2)9(10(12)13)11-8-5-3-4-6-8/h7-9,11H,3-6H2,1-2H3,(H,12,13). The van der Waals surface area contributed by atoms with Gasteiger partial charge in [-0.1, -0.05) is 26.7 Å². The van der Waals surface area contributed by atoms with Gasteiger partial charge >= 0.3 is 5.97 Å². The third-order valence-corrected chi connectivity index (χ3v) is 2.70. The van der Waals surface area contributed by atoms with Crippen molar-refractivity contribution < 1.29 is 9.90 Å². The number of rotatable bonds is 4. The number of nitrogens with one attached hydrogen (secondary N) is 1. The minimum Gasteiger partial charge on any atom is -0.480 e. The van der Waals surface area contributed by atoms with Crippen LogP contribution in [0.25, 0.3) is 0 Å². The van der Waals surface area contributed by atoms with E-state index < -0.39 is 5.97 Å². The summed E-state index contributed by atoms with van der Waals surface area (Å²) in [4.78, 5) is 10.9. The molecule has 1 atom stereocenters. The Kier molecular flexibility index (Phi) is 3.72. The Morgan fingerprint density at radius 3 is 2.31 bits per heavy atom. The van der Waals surface area contributed by atoms with Gasteiger partial charge in [0.1, 0.15) is 6.04 Å². The quantitative estimate of drug-likeness (QED) is 0.700. The number of carboxylic acids is 1. The summed E-state index contributed by atoms with van der Waals surface area (Å²) in [7, 11) is 0. The van der Waals surface area contributed by atoms with Crippen molar-refractivity contribution in [3.05, 3.63) is 0 Å². The second kappa shape index (κ2) is 4.61. The number of carboxylic acid groups (broad SMARTS) is 1. The maximum atomic E-state index is 10.9. The van der Waals surface area contributed by atoms with E-state index in [1.165, 1.54) is 12.8 Å². The molecule has 3 nitrogen and oxygen atoms in total. The van der Waals surface area contributed by atoms with E-state index in [0.29, 0.717) is 6.04 Å². The average Bonchev–Trinajstić information content (AvgIpc) is 2.50. The fourth-order valence-corrected chi connectivity index (χ4v) is 1.90. The van der Waals surface area contributed by atoms with Crippen molar-refractivity contribution in [2.45, 2.75) is 51.6 Å². The smallest absolute Gasteiger partial charge is 0.320 e. The van der Waals surface area contributed by atoms with Crippen LogP contribution in [0, 0.1) is 5.92 Å². The Labute approximate surface area is 79.5 Å². The molecule has 0 aromatic rings. The summed E-state index contributed by atoms with van der Waals surface area (Å²) in [6.45, 7) is 3.89. The van der Waals surface area contributed by atoms with Crippen LogP contribution in [-0.2, 0) is 4.79 Å². The molecule has 76 valence electrons. The zero-order valence-electron chi connectivity index (χ0n) is 8.42. The number of hydrogen-bond acceptors (Lipinski definition) is 2. The van der Waals surface area contributed by atoms with Crippen LogP contribution in [-0.4, -0.2) is 23.2 Å². The third-order valence-electron chi connectivity index (χ3n) is 2.70. The average molecular weight is 185 g/mol. The largest absolute Gasteiger partial charge is 0.480 e. The monoisotopic (exact) mass is 185 g/mol. The van der Waals surface area contributed by atoms with E-state index in [-0.39, 0.29) is 12.0 Å². The molecule has 0 aromatic heterocycles. The van der Waals surface area contributed by atoms with Crippen molar-refractivity contribution in [2.24, 2.45) is 5.92 Å². The molecule has 2 N–H and O–H groups in total. The first-order valence-corrected chi connectivity index (χ1v) is 5.10. The lowest BCUT2D eigenvalue weighted by molar-refractivity contribution is -0.140. The van der Waals surface area contributed by atoms with Gasteiger partial charge in [-0.2, -0.15) is 0 Å². The van der Waals surface area contributed by atoms with Gasteiger partial charge in [-0.25, -0.2) is 0 Å². The summed E-state index contributed by atoms with van der Waals surface area (Å²) in [5.74, 6) is -0.556. The third kappa shape index (κ3) is 2.99. The van der Waals surface area contributed by atoms with Gasteiger partial charge in [0.25, 0.3) is 0 Å². The van der Waals surface area contributed by atoms with Crippen LogP contribution in [0.1, 0.15) is 39.5 Å². The maximum Gasteiger partial charge on any atom is 0.320 e. The molecule has 1 unspecified atom stereocenters. The van der Waals surface area contributed by atoms with Gasteiger partial charge < -0.3 is 10.4 Å². The second-order valence-electron chi connectivity index (χ2n) is 4.21. The summed E-state index contributed by atoms with van der Waals surface area (Å²) in [5, 5.41) is 12.2. The predicted octanol–water partition coefficient (Wildman–Crippen LogP) is 1.63. The first-order chi connectivity index (χ1) is 6.11. The molecule has 0 heterocycles. The van der Waals surface area contributed by atoms with Gasteiger partial charge in [0.2, 0.25) is 0 Å². The highest BCUT2D eigenvalue weighted by Gasteiger charge is 2.25. The zero-order chi connectivity index (χ0) is 9.84. The van der Waals surface area contributed by atoms with Crippen LogP contribution < -0.4 is 5.32 Å². The van der Waals surface area contributed by atoms with Crippen LogP contribution >= 0.6 is 0 Å². The Bertz CT molecular complexity index is 174. The fourth-order valence-electron chi connectivity index (χ4n) is 1.90. The van der Waals surface area contributed by atoms with E-state index in [1.807, 2.05) is 13.8 Å². The van der Waals surface area contributed by atoms with Gasteiger partial charge in [-0.05, 0) is 18.8 Å². The first-order valence-electron chi connectivity index (χ1n) is 5.10. The fraction of sp³-hybridized carbons (Fsp3) is 0.900. The van der Waals surface area contributed by atoms with Crippen molar-refractivity contribution in [1.29, 1.82) is 0 Å². The molecule has 1 aliphatic carbocycles. The molecule has 0 radical (unpaired) electrons. The highest BCUT2D eigenvalue weighted by molar-refractivity contribution is 5.73. The Morgan fingerprint density at radius 2 is 1.92 bits per heavy atom. The Balaban J connectivity index is 2.41. The summed E-state index contributed by atoms with van der Waals surface area (Å²) >= 11 is 0. The molecule has 0 bridgehead atoms. The van der Waals surface area contributed by atoms with Gasteiger partial charge in [-0.3, -0.25) is 4.79 Å².